The molecule has 0 spiro atoms. The molecule has 0 radical (unpaired) electrons. The first-order chi connectivity index (χ1) is 14.8. The maximum Gasteiger partial charge on any atom is 0.388 e. The Morgan fingerprint density at radius 3 is 2.48 bits per heavy atom. The second kappa shape index (κ2) is 8.54. The lowest BCUT2D eigenvalue weighted by Crippen LogP contribution is -2.58. The van der Waals surface area contributed by atoms with Crippen molar-refractivity contribution in [2.45, 2.75) is 76.5 Å². The van der Waals surface area contributed by atoms with Crippen LogP contribution in [0.25, 0.3) is 0 Å². The first-order valence-electron chi connectivity index (χ1n) is 10.9. The smallest absolute Gasteiger partial charge is 0.388 e. The quantitative estimate of drug-likeness (QED) is 0.626. The molecule has 7 heteroatoms. The van der Waals surface area contributed by atoms with Crippen LogP contribution in [0.4, 0.5) is 14.5 Å². The van der Waals surface area contributed by atoms with Gasteiger partial charge in [-0.05, 0) is 61.8 Å². The number of aryl methyl sites for hydroxylation is 1. The number of amides is 1. The van der Waals surface area contributed by atoms with E-state index in [0.29, 0.717) is 24.6 Å². The maximum atomic E-state index is 13.7. The number of hydrogen-bond donors (Lipinski definition) is 2. The van der Waals surface area contributed by atoms with Gasteiger partial charge in [0.25, 0.3) is 0 Å². The minimum Gasteiger partial charge on any atom is -0.415 e. The highest BCUT2D eigenvalue weighted by Gasteiger charge is 2.53. The summed E-state index contributed by atoms with van der Waals surface area (Å²) in [5.74, 6) is -0.211. The van der Waals surface area contributed by atoms with E-state index < -0.39 is 12.0 Å². The number of halogens is 2. The normalized spacial score (nSPS) is 23.0. The lowest BCUT2D eigenvalue weighted by molar-refractivity contribution is -0.125. The fourth-order valence-electron chi connectivity index (χ4n) is 4.49. The number of alkyl halides is 2. The number of benzene rings is 1. The number of anilines is 1. The summed E-state index contributed by atoms with van der Waals surface area (Å²) in [6.07, 6.45) is 3.70. The molecule has 0 bridgehead atoms. The molecule has 2 N–H and O–H groups in total. The summed E-state index contributed by atoms with van der Waals surface area (Å²) >= 11 is 0. The fourth-order valence-corrected chi connectivity index (χ4v) is 4.49. The van der Waals surface area contributed by atoms with Crippen LogP contribution in [0.15, 0.2) is 36.4 Å². The topological polar surface area (TPSA) is 63.2 Å². The Bertz CT molecular complexity index is 954. The van der Waals surface area contributed by atoms with Crippen molar-refractivity contribution in [1.82, 2.24) is 10.3 Å². The monoisotopic (exact) mass is 429 g/mol. The number of nitrogens with zero attached hydrogens (tertiary/aromatic N) is 1. The molecular weight excluding hydrogens is 400 g/mol. The number of nitrogens with one attached hydrogen (secondary N) is 2. The van der Waals surface area contributed by atoms with E-state index >= 15 is 0 Å². The molecule has 1 aromatic carbocycles. The summed E-state index contributed by atoms with van der Waals surface area (Å²) in [6, 6.07) is 12.1. The highest BCUT2D eigenvalue weighted by molar-refractivity contribution is 6.01. The molecule has 4 rings (SSSR count). The molecule has 2 saturated carbocycles. The van der Waals surface area contributed by atoms with Gasteiger partial charge in [-0.15, -0.1) is 0 Å². The van der Waals surface area contributed by atoms with Gasteiger partial charge in [-0.1, -0.05) is 38.1 Å². The van der Waals surface area contributed by atoms with Crippen molar-refractivity contribution < 1.29 is 18.3 Å². The van der Waals surface area contributed by atoms with E-state index in [2.05, 4.69) is 40.3 Å². The van der Waals surface area contributed by atoms with Gasteiger partial charge in [-0.3, -0.25) is 4.79 Å². The predicted octanol–water partition coefficient (Wildman–Crippen LogP) is 4.91. The third-order valence-corrected chi connectivity index (χ3v) is 6.22. The minimum atomic E-state index is -3.02. The summed E-state index contributed by atoms with van der Waals surface area (Å²) in [5.41, 5.74) is 2.11. The molecule has 0 unspecified atom stereocenters. The number of pyridine rings is 1. The van der Waals surface area contributed by atoms with Crippen LogP contribution in [0.3, 0.4) is 0 Å². The van der Waals surface area contributed by atoms with Gasteiger partial charge in [0.1, 0.15) is 5.69 Å². The molecule has 5 nitrogen and oxygen atoms in total. The zero-order valence-corrected chi connectivity index (χ0v) is 18.1. The van der Waals surface area contributed by atoms with E-state index in [1.165, 1.54) is 12.8 Å². The Labute approximate surface area is 181 Å². The molecule has 166 valence electrons. The molecule has 0 aliphatic heterocycles. The highest BCUT2D eigenvalue weighted by atomic mass is 19.3. The van der Waals surface area contributed by atoms with Crippen LogP contribution in [0.5, 0.6) is 5.88 Å². The van der Waals surface area contributed by atoms with Crippen molar-refractivity contribution in [3.8, 4) is 5.88 Å². The number of aromatic nitrogens is 1. The molecule has 2 aliphatic carbocycles. The van der Waals surface area contributed by atoms with Crippen molar-refractivity contribution in [1.29, 1.82) is 0 Å². The van der Waals surface area contributed by atoms with Gasteiger partial charge in [-0.25, -0.2) is 4.98 Å². The van der Waals surface area contributed by atoms with E-state index in [-0.39, 0.29) is 29.4 Å². The zero-order chi connectivity index (χ0) is 22.2. The fraction of sp³-hybridized carbons (Fsp3) is 0.500. The first kappa shape index (κ1) is 21.7. The Kier molecular flexibility index (Phi) is 5.97. The molecule has 0 atom stereocenters. The summed E-state index contributed by atoms with van der Waals surface area (Å²) in [4.78, 5) is 17.7. The van der Waals surface area contributed by atoms with E-state index in [1.807, 2.05) is 18.2 Å². The molecule has 31 heavy (non-hydrogen) atoms. The van der Waals surface area contributed by atoms with E-state index in [0.717, 1.165) is 11.1 Å². The lowest BCUT2D eigenvalue weighted by atomic mass is 9.59. The first-order valence-corrected chi connectivity index (χ1v) is 10.9. The summed E-state index contributed by atoms with van der Waals surface area (Å²) in [5, 5.41) is 6.46. The van der Waals surface area contributed by atoms with Crippen LogP contribution in [0, 0.1) is 6.92 Å². The Morgan fingerprint density at radius 2 is 1.84 bits per heavy atom. The van der Waals surface area contributed by atoms with Gasteiger partial charge in [0.2, 0.25) is 11.8 Å². The number of ether oxygens (including phenoxy) is 1. The molecule has 2 fully saturated rings. The summed E-state index contributed by atoms with van der Waals surface area (Å²) in [7, 11) is 0. The van der Waals surface area contributed by atoms with Gasteiger partial charge in [0.05, 0.1) is 5.41 Å². The van der Waals surface area contributed by atoms with E-state index in [4.69, 9.17) is 0 Å². The van der Waals surface area contributed by atoms with Gasteiger partial charge < -0.3 is 15.4 Å². The average molecular weight is 430 g/mol. The van der Waals surface area contributed by atoms with Gasteiger partial charge in [0, 0.05) is 17.8 Å². The highest BCUT2D eigenvalue weighted by Crippen LogP contribution is 2.48. The van der Waals surface area contributed by atoms with Crippen LogP contribution >= 0.6 is 0 Å². The van der Waals surface area contributed by atoms with Crippen molar-refractivity contribution in [3.63, 3.8) is 0 Å². The van der Waals surface area contributed by atoms with Crippen molar-refractivity contribution in [3.05, 3.63) is 53.2 Å². The molecule has 1 amide bonds. The number of hydrogen-bond acceptors (Lipinski definition) is 4. The zero-order valence-electron chi connectivity index (χ0n) is 18.1. The minimum absolute atomic E-state index is 0.163. The summed E-state index contributed by atoms with van der Waals surface area (Å²) < 4.78 is 30.3. The molecule has 1 aromatic heterocycles. The van der Waals surface area contributed by atoms with Gasteiger partial charge in [-0.2, -0.15) is 8.78 Å². The molecular formula is C24H29F2N3O2. The Balaban J connectivity index is 1.65. The van der Waals surface area contributed by atoms with Crippen LogP contribution in [0.2, 0.25) is 0 Å². The van der Waals surface area contributed by atoms with Crippen LogP contribution < -0.4 is 15.4 Å². The van der Waals surface area contributed by atoms with E-state index in [1.54, 1.807) is 19.1 Å². The van der Waals surface area contributed by atoms with Crippen molar-refractivity contribution >= 4 is 11.6 Å². The maximum absolute atomic E-state index is 13.7. The lowest BCUT2D eigenvalue weighted by Gasteiger charge is -2.48. The number of carbonyl (C=O) groups excluding carboxylic acids is 1. The third-order valence-electron chi connectivity index (χ3n) is 6.22. The van der Waals surface area contributed by atoms with E-state index in [9.17, 15) is 13.6 Å². The molecule has 2 aliphatic rings. The van der Waals surface area contributed by atoms with Gasteiger partial charge >= 0.3 is 6.61 Å². The SMILES string of the molecule is Cc1ccc(NC(=O)C2(c3ccccc3C(C)C)CC(NC3CC3)C2)c(OC(F)F)n1. The number of carbonyl (C=O) groups is 1. The molecule has 1 heterocycles. The summed E-state index contributed by atoms with van der Waals surface area (Å²) in [6.45, 7) is 2.89. The molecule has 0 saturated heterocycles. The molecule has 2 aromatic rings. The van der Waals surface area contributed by atoms with Gasteiger partial charge in [0.15, 0.2) is 0 Å². The second-order valence-electron chi connectivity index (χ2n) is 9.01. The Morgan fingerprint density at radius 1 is 1.13 bits per heavy atom. The van der Waals surface area contributed by atoms with Crippen molar-refractivity contribution in [2.24, 2.45) is 0 Å². The standard InChI is InChI=1S/C24H29F2N3O2/c1-14(2)18-6-4-5-7-19(18)24(12-17(13-24)28-16-9-10-16)22(30)29-20-11-8-15(3)27-21(20)31-23(25)26/h4-8,11,14,16-17,23,28H,9-10,12-13H2,1-3H3,(H,29,30). The van der Waals surface area contributed by atoms with Crippen LogP contribution in [-0.4, -0.2) is 29.6 Å². The number of rotatable bonds is 8. The Hall–Kier alpha value is -2.54. The van der Waals surface area contributed by atoms with Crippen LogP contribution in [-0.2, 0) is 10.2 Å². The second-order valence-corrected chi connectivity index (χ2v) is 9.01. The van der Waals surface area contributed by atoms with Crippen LogP contribution in [0.1, 0.15) is 62.3 Å². The predicted molar refractivity (Wildman–Crippen MR) is 116 cm³/mol. The average Bonchev–Trinajstić information content (AvgIpc) is 3.50. The largest absolute Gasteiger partial charge is 0.415 e. The third kappa shape index (κ3) is 4.56. The van der Waals surface area contributed by atoms with Crippen molar-refractivity contribution in [2.75, 3.05) is 5.32 Å².